The Morgan fingerprint density at radius 3 is 2.89 bits per heavy atom. The molecule has 2 aromatic rings. The van der Waals surface area contributed by atoms with E-state index in [1.807, 2.05) is 0 Å². The highest BCUT2D eigenvalue weighted by Gasteiger charge is 2.37. The number of aromatic nitrogens is 2. The van der Waals surface area contributed by atoms with Crippen molar-refractivity contribution in [2.75, 3.05) is 37.6 Å². The van der Waals surface area contributed by atoms with Gasteiger partial charge in [0.05, 0.1) is 11.9 Å². The number of halogens is 3. The molecule has 2 fully saturated rings. The molecule has 1 atom stereocenters. The number of hydrogen-bond donors (Lipinski definition) is 1. The van der Waals surface area contributed by atoms with E-state index in [2.05, 4.69) is 19.9 Å². The van der Waals surface area contributed by atoms with Crippen LogP contribution in [0.15, 0.2) is 36.8 Å². The second-order valence-corrected chi connectivity index (χ2v) is 6.43. The lowest BCUT2D eigenvalue weighted by Crippen LogP contribution is -2.64. The first-order valence-corrected chi connectivity index (χ1v) is 8.57. The number of rotatable bonds is 3. The Morgan fingerprint density at radius 2 is 2.07 bits per heavy atom. The molecule has 144 valence electrons. The molecule has 0 radical (unpaired) electrons. The van der Waals surface area contributed by atoms with Crippen molar-refractivity contribution in [3.8, 4) is 11.4 Å². The van der Waals surface area contributed by atoms with E-state index in [1.54, 1.807) is 21.7 Å². The number of carbonyl (C=O) groups excluding carboxylic acids is 1. The summed E-state index contributed by atoms with van der Waals surface area (Å²) in [5, 5.41) is 3.22. The van der Waals surface area contributed by atoms with Crippen LogP contribution >= 0.6 is 0 Å². The number of ether oxygens (including phenoxy) is 1. The first kappa shape index (κ1) is 17.8. The summed E-state index contributed by atoms with van der Waals surface area (Å²) in [5.41, 5.74) is 0.459. The summed E-state index contributed by atoms with van der Waals surface area (Å²) in [6.45, 7) is 3.61. The molecular weight excluding hydrogens is 363 g/mol. The molecule has 0 bridgehead atoms. The molecule has 10 heteroatoms. The topological polar surface area (TPSA) is 62.6 Å². The highest BCUT2D eigenvalue weighted by molar-refractivity contribution is 5.97. The molecule has 2 saturated heterocycles. The van der Waals surface area contributed by atoms with Gasteiger partial charge in [0.1, 0.15) is 18.1 Å². The Labute approximate surface area is 153 Å². The van der Waals surface area contributed by atoms with Gasteiger partial charge in [-0.15, -0.1) is 13.2 Å². The Morgan fingerprint density at radius 1 is 1.22 bits per heavy atom. The number of benzene rings is 1. The van der Waals surface area contributed by atoms with E-state index in [-0.39, 0.29) is 17.7 Å². The Kier molecular flexibility index (Phi) is 4.52. The molecule has 27 heavy (non-hydrogen) atoms. The minimum atomic E-state index is -4.75. The van der Waals surface area contributed by atoms with Crippen molar-refractivity contribution in [1.82, 2.24) is 19.8 Å². The molecule has 7 nitrogen and oxygen atoms in total. The van der Waals surface area contributed by atoms with Gasteiger partial charge < -0.3 is 14.6 Å². The summed E-state index contributed by atoms with van der Waals surface area (Å²) >= 11 is 0. The fourth-order valence-corrected chi connectivity index (χ4v) is 3.44. The number of amides is 1. The third kappa shape index (κ3) is 3.76. The molecule has 3 heterocycles. The molecule has 4 rings (SSSR count). The molecule has 2 aliphatic rings. The Balaban J connectivity index is 1.54. The van der Waals surface area contributed by atoms with Crippen molar-refractivity contribution in [3.05, 3.63) is 36.8 Å². The maximum atomic E-state index is 12.8. The molecule has 0 spiro atoms. The van der Waals surface area contributed by atoms with Gasteiger partial charge in [0, 0.05) is 38.8 Å². The van der Waals surface area contributed by atoms with Crippen molar-refractivity contribution in [2.45, 2.75) is 12.4 Å². The summed E-state index contributed by atoms with van der Waals surface area (Å²) in [4.78, 5) is 20.8. The summed E-state index contributed by atoms with van der Waals surface area (Å²) in [6, 6.07) is 5.39. The zero-order valence-corrected chi connectivity index (χ0v) is 14.3. The number of nitrogens with one attached hydrogen (secondary N) is 1. The first-order chi connectivity index (χ1) is 12.9. The lowest BCUT2D eigenvalue weighted by Gasteiger charge is -2.42. The van der Waals surface area contributed by atoms with Crippen LogP contribution in [0.4, 0.5) is 19.0 Å². The number of carbonyl (C=O) groups is 1. The van der Waals surface area contributed by atoms with E-state index in [9.17, 15) is 18.0 Å². The minimum Gasteiger partial charge on any atom is -0.406 e. The maximum absolute atomic E-state index is 12.8. The fraction of sp³-hybridized carbons (Fsp3) is 0.412. The minimum absolute atomic E-state index is 0.0205. The average Bonchev–Trinajstić information content (AvgIpc) is 3.11. The van der Waals surface area contributed by atoms with E-state index in [0.29, 0.717) is 24.6 Å². The molecule has 1 aromatic heterocycles. The third-order valence-electron chi connectivity index (χ3n) is 4.71. The monoisotopic (exact) mass is 381 g/mol. The van der Waals surface area contributed by atoms with Crippen LogP contribution in [0.1, 0.15) is 0 Å². The first-order valence-electron chi connectivity index (χ1n) is 8.57. The maximum Gasteiger partial charge on any atom is 0.573 e. The van der Waals surface area contributed by atoms with Gasteiger partial charge in [0.2, 0.25) is 5.91 Å². The highest BCUT2D eigenvalue weighted by Crippen LogP contribution is 2.26. The van der Waals surface area contributed by atoms with E-state index >= 15 is 0 Å². The number of anilines is 1. The van der Waals surface area contributed by atoms with Gasteiger partial charge in [-0.1, -0.05) is 6.07 Å². The predicted octanol–water partition coefficient (Wildman–Crippen LogP) is 1.39. The number of nitrogens with zero attached hydrogens (tertiary/aromatic N) is 4. The van der Waals surface area contributed by atoms with Crippen LogP contribution in [-0.4, -0.2) is 65.5 Å². The van der Waals surface area contributed by atoms with Crippen LogP contribution in [0.5, 0.6) is 5.75 Å². The predicted molar refractivity (Wildman–Crippen MR) is 90.8 cm³/mol. The van der Waals surface area contributed by atoms with Crippen molar-refractivity contribution in [3.63, 3.8) is 0 Å². The zero-order valence-electron chi connectivity index (χ0n) is 14.3. The summed E-state index contributed by atoms with van der Waals surface area (Å²) in [6.07, 6.45) is -1.64. The molecule has 1 aromatic carbocycles. The van der Waals surface area contributed by atoms with E-state index in [1.165, 1.54) is 24.5 Å². The van der Waals surface area contributed by atoms with Crippen LogP contribution in [0.3, 0.4) is 0 Å². The van der Waals surface area contributed by atoms with Gasteiger partial charge in [0.25, 0.3) is 0 Å². The van der Waals surface area contributed by atoms with Gasteiger partial charge >= 0.3 is 6.36 Å². The van der Waals surface area contributed by atoms with Crippen LogP contribution < -0.4 is 15.0 Å². The number of alkyl halides is 3. The number of piperazine rings is 2. The summed E-state index contributed by atoms with van der Waals surface area (Å²) < 4.78 is 42.7. The van der Waals surface area contributed by atoms with Crippen molar-refractivity contribution >= 4 is 11.7 Å². The zero-order chi connectivity index (χ0) is 19.0. The van der Waals surface area contributed by atoms with Crippen LogP contribution in [0.2, 0.25) is 0 Å². The molecule has 1 amide bonds. The van der Waals surface area contributed by atoms with Gasteiger partial charge in [-0.2, -0.15) is 0 Å². The van der Waals surface area contributed by atoms with Gasteiger partial charge in [-0.25, -0.2) is 4.98 Å². The third-order valence-corrected chi connectivity index (χ3v) is 4.71. The molecule has 1 N–H and O–H groups in total. The molecule has 0 aliphatic carbocycles. The smallest absolute Gasteiger partial charge is 0.406 e. The normalized spacial score (nSPS) is 21.2. The standard InChI is InChI=1S/C17H18F3N5O2/c18-17(19,20)27-13-3-1-2-12(8-13)24-10-15(22-11-24)25-7-6-23-5-4-21-9-14(23)16(25)26/h1-3,8,10-11,14,21H,4-7,9H2/t14-/m1/s1. The molecule has 2 aliphatic heterocycles. The summed E-state index contributed by atoms with van der Waals surface area (Å²) in [5.74, 6) is 0.147. The van der Waals surface area contributed by atoms with Crippen LogP contribution in [-0.2, 0) is 4.79 Å². The van der Waals surface area contributed by atoms with Crippen molar-refractivity contribution in [2.24, 2.45) is 0 Å². The van der Waals surface area contributed by atoms with E-state index in [4.69, 9.17) is 0 Å². The number of imidazole rings is 1. The van der Waals surface area contributed by atoms with Gasteiger partial charge in [-0.3, -0.25) is 14.6 Å². The lowest BCUT2D eigenvalue weighted by atomic mass is 10.1. The molecule has 0 unspecified atom stereocenters. The lowest BCUT2D eigenvalue weighted by molar-refractivity contribution is -0.274. The SMILES string of the molecule is O=C1[C@H]2CNCCN2CCN1c1cn(-c2cccc(OC(F)(F)F)c2)cn1. The van der Waals surface area contributed by atoms with E-state index < -0.39 is 6.36 Å². The summed E-state index contributed by atoms with van der Waals surface area (Å²) in [7, 11) is 0. The van der Waals surface area contributed by atoms with E-state index in [0.717, 1.165) is 19.6 Å². The second-order valence-electron chi connectivity index (χ2n) is 6.43. The van der Waals surface area contributed by atoms with Crippen LogP contribution in [0.25, 0.3) is 5.69 Å². The number of fused-ring (bicyclic) bond motifs is 1. The Bertz CT molecular complexity index is 838. The largest absolute Gasteiger partial charge is 0.573 e. The van der Waals surface area contributed by atoms with Gasteiger partial charge in [-0.05, 0) is 12.1 Å². The van der Waals surface area contributed by atoms with Crippen molar-refractivity contribution < 1.29 is 22.7 Å². The average molecular weight is 381 g/mol. The Hall–Kier alpha value is -2.59. The quantitative estimate of drug-likeness (QED) is 0.871. The fourth-order valence-electron chi connectivity index (χ4n) is 3.44. The molecule has 0 saturated carbocycles. The van der Waals surface area contributed by atoms with Crippen molar-refractivity contribution in [1.29, 1.82) is 0 Å². The molecular formula is C17H18F3N5O2. The van der Waals surface area contributed by atoms with Gasteiger partial charge in [0.15, 0.2) is 5.82 Å². The van der Waals surface area contributed by atoms with Crippen LogP contribution in [0, 0.1) is 0 Å². The second kappa shape index (κ2) is 6.86. The highest BCUT2D eigenvalue weighted by atomic mass is 19.4. The number of hydrogen-bond acceptors (Lipinski definition) is 5.